The molecule has 138 valence electrons. The van der Waals surface area contributed by atoms with Gasteiger partial charge in [-0.05, 0) is 20.3 Å². The molecule has 2 aliphatic rings. The van der Waals surface area contributed by atoms with Crippen LogP contribution in [0.25, 0.3) is 0 Å². The van der Waals surface area contributed by atoms with Crippen LogP contribution in [-0.4, -0.2) is 71.5 Å². The van der Waals surface area contributed by atoms with Gasteiger partial charge in [0, 0.05) is 57.1 Å². The molecule has 1 aromatic heterocycles. The Morgan fingerprint density at radius 2 is 2.12 bits per heavy atom. The average molecular weight is 347 g/mol. The molecule has 1 N–H and O–H groups in total. The van der Waals surface area contributed by atoms with Gasteiger partial charge in [-0.1, -0.05) is 12.2 Å². The minimum atomic E-state index is 0.0260. The lowest BCUT2D eigenvalue weighted by Crippen LogP contribution is -2.41. The van der Waals surface area contributed by atoms with Gasteiger partial charge in [0.25, 0.3) is 0 Å². The molecule has 0 radical (unpaired) electrons. The summed E-state index contributed by atoms with van der Waals surface area (Å²) >= 11 is 0. The van der Waals surface area contributed by atoms with Crippen molar-refractivity contribution in [2.75, 3.05) is 39.9 Å². The number of ether oxygens (including phenoxy) is 1. The molecule has 1 saturated heterocycles. The molecular weight excluding hydrogens is 318 g/mol. The van der Waals surface area contributed by atoms with Gasteiger partial charge in [0.1, 0.15) is 0 Å². The number of aromatic nitrogens is 2. The third-order valence-corrected chi connectivity index (χ3v) is 5.27. The lowest BCUT2D eigenvalue weighted by atomic mass is 10.2. The van der Waals surface area contributed by atoms with Crippen LogP contribution >= 0.6 is 0 Å². The lowest BCUT2D eigenvalue weighted by molar-refractivity contribution is 0.182. The largest absolute Gasteiger partial charge is 0.383 e. The van der Waals surface area contributed by atoms with E-state index in [0.717, 1.165) is 56.1 Å². The Bertz CT molecular complexity index is 632. The van der Waals surface area contributed by atoms with E-state index >= 15 is 0 Å². The molecule has 0 aliphatic carbocycles. The maximum atomic E-state index is 12.5. The summed E-state index contributed by atoms with van der Waals surface area (Å²) in [6, 6.07) is 0.513. The molecule has 0 spiro atoms. The minimum absolute atomic E-state index is 0.0260. The van der Waals surface area contributed by atoms with E-state index in [-0.39, 0.29) is 6.03 Å². The predicted octanol–water partition coefficient (Wildman–Crippen LogP) is 1.30. The predicted molar refractivity (Wildman–Crippen MR) is 96.5 cm³/mol. The quantitative estimate of drug-likeness (QED) is 0.788. The number of urea groups is 1. The summed E-state index contributed by atoms with van der Waals surface area (Å²) in [5, 5.41) is 7.62. The highest BCUT2D eigenvalue weighted by atomic mass is 16.5. The minimum Gasteiger partial charge on any atom is -0.383 e. The van der Waals surface area contributed by atoms with Crippen molar-refractivity contribution in [1.82, 2.24) is 24.9 Å². The summed E-state index contributed by atoms with van der Waals surface area (Å²) in [6.45, 7) is 9.60. The highest BCUT2D eigenvalue weighted by molar-refractivity contribution is 5.74. The molecule has 0 aromatic carbocycles. The van der Waals surface area contributed by atoms with Crippen molar-refractivity contribution in [3.05, 3.63) is 29.1 Å². The van der Waals surface area contributed by atoms with Crippen LogP contribution in [-0.2, 0) is 17.8 Å². The lowest BCUT2D eigenvalue weighted by Gasteiger charge is -2.23. The van der Waals surface area contributed by atoms with Crippen molar-refractivity contribution in [3.63, 3.8) is 0 Å². The molecule has 3 rings (SSSR count). The number of carbonyl (C=O) groups excluding carboxylic acids is 1. The fourth-order valence-corrected chi connectivity index (χ4v) is 3.68. The normalized spacial score (nSPS) is 20.6. The van der Waals surface area contributed by atoms with Gasteiger partial charge in [-0.15, -0.1) is 0 Å². The van der Waals surface area contributed by atoms with E-state index < -0.39 is 0 Å². The molecule has 1 aromatic rings. The molecule has 7 heteroatoms. The van der Waals surface area contributed by atoms with Crippen molar-refractivity contribution in [2.24, 2.45) is 0 Å². The van der Waals surface area contributed by atoms with E-state index in [2.05, 4.69) is 27.5 Å². The third-order valence-electron chi connectivity index (χ3n) is 5.27. The van der Waals surface area contributed by atoms with Crippen LogP contribution in [0.3, 0.4) is 0 Å². The zero-order chi connectivity index (χ0) is 17.8. The van der Waals surface area contributed by atoms with Gasteiger partial charge in [0.15, 0.2) is 0 Å². The second kappa shape index (κ2) is 8.01. The van der Waals surface area contributed by atoms with Crippen molar-refractivity contribution in [1.29, 1.82) is 0 Å². The number of methoxy groups -OCH3 is 1. The van der Waals surface area contributed by atoms with Gasteiger partial charge < -0.3 is 15.0 Å². The summed E-state index contributed by atoms with van der Waals surface area (Å²) in [7, 11) is 1.69. The van der Waals surface area contributed by atoms with Crippen molar-refractivity contribution >= 4 is 6.03 Å². The topological polar surface area (TPSA) is 62.6 Å². The average Bonchev–Trinajstić information content (AvgIpc) is 3.32. The molecule has 25 heavy (non-hydrogen) atoms. The number of hydrogen-bond acceptors (Lipinski definition) is 4. The monoisotopic (exact) mass is 347 g/mol. The second-order valence-corrected chi connectivity index (χ2v) is 6.84. The first-order chi connectivity index (χ1) is 12.1. The van der Waals surface area contributed by atoms with E-state index in [4.69, 9.17) is 4.74 Å². The van der Waals surface area contributed by atoms with Crippen LogP contribution in [0.5, 0.6) is 0 Å². The van der Waals surface area contributed by atoms with Crippen LogP contribution < -0.4 is 5.32 Å². The molecule has 7 nitrogen and oxygen atoms in total. The number of carbonyl (C=O) groups is 1. The second-order valence-electron chi connectivity index (χ2n) is 6.84. The first-order valence-electron chi connectivity index (χ1n) is 9.03. The SMILES string of the molecule is COCCn1nc(C)c(CNC(=O)N2CC[C@H](N3CC=CC3)C2)c1C. The number of hydrogen-bond donors (Lipinski definition) is 1. The number of aryl methyl sites for hydroxylation is 1. The highest BCUT2D eigenvalue weighted by Crippen LogP contribution is 2.18. The van der Waals surface area contributed by atoms with E-state index in [0.29, 0.717) is 19.2 Å². The first-order valence-corrected chi connectivity index (χ1v) is 9.03. The Kier molecular flexibility index (Phi) is 5.75. The van der Waals surface area contributed by atoms with Crippen LogP contribution in [0.15, 0.2) is 12.2 Å². The van der Waals surface area contributed by atoms with E-state index in [9.17, 15) is 4.79 Å². The Morgan fingerprint density at radius 1 is 1.36 bits per heavy atom. The Morgan fingerprint density at radius 3 is 2.84 bits per heavy atom. The van der Waals surface area contributed by atoms with Crippen molar-refractivity contribution in [2.45, 2.75) is 39.4 Å². The van der Waals surface area contributed by atoms with Gasteiger partial charge >= 0.3 is 6.03 Å². The fourth-order valence-electron chi connectivity index (χ4n) is 3.68. The van der Waals surface area contributed by atoms with Crippen molar-refractivity contribution in [3.8, 4) is 0 Å². The van der Waals surface area contributed by atoms with Crippen molar-refractivity contribution < 1.29 is 9.53 Å². The van der Waals surface area contributed by atoms with Gasteiger partial charge in [-0.3, -0.25) is 9.58 Å². The number of nitrogens with zero attached hydrogens (tertiary/aromatic N) is 4. The summed E-state index contributed by atoms with van der Waals surface area (Å²) < 4.78 is 7.07. The fraction of sp³-hybridized carbons (Fsp3) is 0.667. The molecule has 0 bridgehead atoms. The highest BCUT2D eigenvalue weighted by Gasteiger charge is 2.30. The van der Waals surface area contributed by atoms with Gasteiger partial charge in [0.05, 0.1) is 18.8 Å². The Labute approximate surface area is 149 Å². The Hall–Kier alpha value is -1.86. The van der Waals surface area contributed by atoms with Gasteiger partial charge in [-0.2, -0.15) is 5.10 Å². The molecule has 3 heterocycles. The molecular formula is C18H29N5O2. The standard InChI is InChI=1S/C18H29N5O2/c1-14-17(15(2)23(20-14)10-11-25-3)12-19-18(24)22-9-6-16(13-22)21-7-4-5-8-21/h4-5,16H,6-13H2,1-3H3,(H,19,24)/t16-/m0/s1. The number of amides is 2. The number of rotatable bonds is 6. The van der Waals surface area contributed by atoms with E-state index in [1.165, 1.54) is 0 Å². The molecule has 1 fully saturated rings. The maximum Gasteiger partial charge on any atom is 0.317 e. The summed E-state index contributed by atoms with van der Waals surface area (Å²) in [6.07, 6.45) is 5.47. The molecule has 2 aliphatic heterocycles. The van der Waals surface area contributed by atoms with E-state index in [1.807, 2.05) is 23.4 Å². The zero-order valence-corrected chi connectivity index (χ0v) is 15.5. The Balaban J connectivity index is 1.51. The number of likely N-dealkylation sites (tertiary alicyclic amines) is 1. The molecule has 0 unspecified atom stereocenters. The van der Waals surface area contributed by atoms with Crippen LogP contribution in [0.4, 0.5) is 4.79 Å². The summed E-state index contributed by atoms with van der Waals surface area (Å²) in [4.78, 5) is 16.9. The summed E-state index contributed by atoms with van der Waals surface area (Å²) in [5.41, 5.74) is 3.16. The van der Waals surface area contributed by atoms with Crippen LogP contribution in [0.1, 0.15) is 23.4 Å². The number of nitrogens with one attached hydrogen (secondary N) is 1. The molecule has 0 saturated carbocycles. The molecule has 1 atom stereocenters. The molecule has 2 amide bonds. The summed E-state index contributed by atoms with van der Waals surface area (Å²) in [5.74, 6) is 0. The maximum absolute atomic E-state index is 12.5. The van der Waals surface area contributed by atoms with Gasteiger partial charge in [-0.25, -0.2) is 4.79 Å². The third kappa shape index (κ3) is 4.04. The van der Waals surface area contributed by atoms with Crippen LogP contribution in [0, 0.1) is 13.8 Å². The smallest absolute Gasteiger partial charge is 0.317 e. The first kappa shape index (κ1) is 17.9. The van der Waals surface area contributed by atoms with Gasteiger partial charge in [0.2, 0.25) is 0 Å². The zero-order valence-electron chi connectivity index (χ0n) is 15.5. The van der Waals surface area contributed by atoms with Crippen LogP contribution in [0.2, 0.25) is 0 Å². The van der Waals surface area contributed by atoms with E-state index in [1.54, 1.807) is 7.11 Å².